The summed E-state index contributed by atoms with van der Waals surface area (Å²) in [6, 6.07) is 34.4. The summed E-state index contributed by atoms with van der Waals surface area (Å²) in [6.45, 7) is 0. The molecule has 0 atom stereocenters. The van der Waals surface area contributed by atoms with Gasteiger partial charge in [0.15, 0.2) is 0 Å². The Bertz CT molecular complexity index is 2320. The summed E-state index contributed by atoms with van der Waals surface area (Å²) in [5, 5.41) is 32.9. The number of thiazole rings is 2. The normalized spacial score (nSPS) is 11.2. The molecule has 0 saturated carbocycles. The molecule has 0 spiro atoms. The fraction of sp³-hybridized carbons (Fsp3) is 0. The van der Waals surface area contributed by atoms with Gasteiger partial charge in [0.25, 0.3) is 0 Å². The maximum absolute atomic E-state index is 13.0. The third-order valence-corrected chi connectivity index (χ3v) is 9.23. The summed E-state index contributed by atoms with van der Waals surface area (Å²) in [5.74, 6) is -0.706. The summed E-state index contributed by atoms with van der Waals surface area (Å²) in [4.78, 5) is 17.6. The number of hydrogen-bond acceptors (Lipinski definition) is 8. The number of aliphatic imine (C=N–C) groups is 2. The minimum Gasteiger partial charge on any atom is -0.872 e. The number of nitrogens with zero attached hydrogens (tertiary/aromatic N) is 4. The zero-order chi connectivity index (χ0) is 34.5. The zero-order valence-electron chi connectivity index (χ0n) is 26.4. The average Bonchev–Trinajstić information content (AvgIpc) is 3.82. The molecular weight excluding hydrogens is 730 g/mol. The second-order valence-corrected chi connectivity index (χ2v) is 12.6. The zero-order valence-corrected chi connectivity index (χ0v) is 29.0. The van der Waals surface area contributed by atoms with Gasteiger partial charge in [-0.2, -0.15) is 0 Å². The van der Waals surface area contributed by atoms with Crippen LogP contribution < -0.4 is 10.2 Å². The Labute approximate surface area is 310 Å². The molecule has 0 aliphatic rings. The number of halogens is 2. The number of fused-ring (bicyclic) bond motifs is 2. The first-order chi connectivity index (χ1) is 24.4. The third-order valence-electron chi connectivity index (χ3n) is 7.73. The number of rotatable bonds is 6. The van der Waals surface area contributed by atoms with E-state index in [9.17, 15) is 19.0 Å². The molecule has 0 fully saturated rings. The molecule has 0 N–H and O–H groups in total. The molecule has 2 heterocycles. The second kappa shape index (κ2) is 16.0. The fourth-order valence-corrected chi connectivity index (χ4v) is 6.55. The molecule has 8 aromatic rings. The first-order valence-electron chi connectivity index (χ1n) is 15.3. The van der Waals surface area contributed by atoms with Crippen molar-refractivity contribution in [1.82, 2.24) is 9.97 Å². The summed E-state index contributed by atoms with van der Waals surface area (Å²) < 4.78 is 26.0. The number of hydrogen-bond donors (Lipinski definition) is 0. The van der Waals surface area contributed by atoms with Crippen molar-refractivity contribution in [2.45, 2.75) is 0 Å². The van der Waals surface area contributed by atoms with E-state index in [4.69, 9.17) is 0 Å². The first-order valence-corrected chi connectivity index (χ1v) is 17.1. The molecule has 0 unspecified atom stereocenters. The second-order valence-electron chi connectivity index (χ2n) is 11.0. The average molecular weight is 754 g/mol. The monoisotopic (exact) mass is 753 g/mol. The molecule has 0 aliphatic carbocycles. The van der Waals surface area contributed by atoms with Crippen molar-refractivity contribution in [3.05, 3.63) is 155 Å². The Morgan fingerprint density at radius 1 is 0.510 bits per heavy atom. The number of aromatic nitrogens is 2. The Balaban J connectivity index is 0.000000172. The molecule has 0 amide bonds. The standard InChI is InChI=1S/2C20H13FN2OS.Co/c2*21-15-8-5-14(6-9-15)18-12-25-20(23-18)22-11-17-16-4-2-1-3-13(16)7-10-19(17)24;/h2*1-12,24H;/q;;+2/p-2/b2*22-11+;. The van der Waals surface area contributed by atoms with Gasteiger partial charge < -0.3 is 10.2 Å². The molecule has 11 heteroatoms. The van der Waals surface area contributed by atoms with Gasteiger partial charge in [-0.15, -0.1) is 22.7 Å². The maximum atomic E-state index is 13.0. The van der Waals surface area contributed by atoms with E-state index in [0.29, 0.717) is 21.4 Å². The summed E-state index contributed by atoms with van der Waals surface area (Å²) in [7, 11) is 0. The minimum absolute atomic E-state index is 0. The van der Waals surface area contributed by atoms with E-state index < -0.39 is 0 Å². The molecule has 0 aliphatic heterocycles. The summed E-state index contributed by atoms with van der Waals surface area (Å²) >= 11 is 2.75. The molecule has 8 rings (SSSR count). The molecule has 51 heavy (non-hydrogen) atoms. The van der Waals surface area contributed by atoms with Crippen LogP contribution in [0.2, 0.25) is 0 Å². The van der Waals surface area contributed by atoms with Crippen LogP contribution in [-0.2, 0) is 16.8 Å². The fourth-order valence-electron chi connectivity index (χ4n) is 5.21. The van der Waals surface area contributed by atoms with Crippen molar-refractivity contribution >= 4 is 66.9 Å². The van der Waals surface area contributed by atoms with Gasteiger partial charge in [-0.3, -0.25) is 0 Å². The van der Waals surface area contributed by atoms with E-state index >= 15 is 0 Å². The van der Waals surface area contributed by atoms with Gasteiger partial charge in [-0.05, 0) is 81.2 Å². The van der Waals surface area contributed by atoms with Crippen LogP contribution in [0.1, 0.15) is 11.1 Å². The van der Waals surface area contributed by atoms with E-state index in [0.717, 1.165) is 44.1 Å². The molecule has 6 aromatic carbocycles. The van der Waals surface area contributed by atoms with Crippen LogP contribution in [0.3, 0.4) is 0 Å². The van der Waals surface area contributed by atoms with Gasteiger partial charge in [0, 0.05) is 34.3 Å². The molecule has 251 valence electrons. The topological polar surface area (TPSA) is 96.6 Å². The van der Waals surface area contributed by atoms with Gasteiger partial charge in [0.2, 0.25) is 10.3 Å². The van der Waals surface area contributed by atoms with E-state index in [1.165, 1.54) is 46.9 Å². The van der Waals surface area contributed by atoms with Crippen LogP contribution >= 0.6 is 22.7 Å². The molecule has 6 nitrogen and oxygen atoms in total. The van der Waals surface area contributed by atoms with Crippen molar-refractivity contribution in [2.24, 2.45) is 9.98 Å². The number of benzene rings is 6. The predicted molar refractivity (Wildman–Crippen MR) is 196 cm³/mol. The van der Waals surface area contributed by atoms with Gasteiger partial charge in [-0.1, -0.05) is 84.3 Å². The molecule has 1 radical (unpaired) electrons. The largest absolute Gasteiger partial charge is 2.00 e. The van der Waals surface area contributed by atoms with E-state index in [-0.39, 0.29) is 39.9 Å². The Hall–Kier alpha value is -5.59. The first kappa shape index (κ1) is 35.2. The predicted octanol–water partition coefficient (Wildman–Crippen LogP) is 9.85. The maximum Gasteiger partial charge on any atom is 2.00 e. The van der Waals surface area contributed by atoms with Crippen molar-refractivity contribution in [1.29, 1.82) is 0 Å². The van der Waals surface area contributed by atoms with Crippen LogP contribution in [0.15, 0.2) is 142 Å². The van der Waals surface area contributed by atoms with Crippen LogP contribution in [0.25, 0.3) is 44.1 Å². The van der Waals surface area contributed by atoms with Crippen LogP contribution in [0, 0.1) is 11.6 Å². The van der Waals surface area contributed by atoms with Gasteiger partial charge in [0.1, 0.15) is 11.6 Å². The molecule has 2 aromatic heterocycles. The van der Waals surface area contributed by atoms with E-state index in [1.54, 1.807) is 48.8 Å². The Kier molecular flexibility index (Phi) is 11.0. The smallest absolute Gasteiger partial charge is 0.872 e. The minimum atomic E-state index is -0.281. The van der Waals surface area contributed by atoms with Crippen LogP contribution in [-0.4, -0.2) is 22.4 Å². The van der Waals surface area contributed by atoms with E-state index in [2.05, 4.69) is 20.0 Å². The van der Waals surface area contributed by atoms with Crippen LogP contribution in [0.4, 0.5) is 19.0 Å². The van der Waals surface area contributed by atoms with Crippen molar-refractivity contribution in [2.75, 3.05) is 0 Å². The SMILES string of the molecule is [Co+2].[O-]c1ccc2ccccc2c1/C=N/c1nc(-c2ccc(F)cc2)cs1.[O-]c1ccc2ccccc2c1/C=N/c1nc(-c2ccc(F)cc2)cs1. The van der Waals surface area contributed by atoms with E-state index in [1.807, 2.05) is 71.4 Å². The quantitative estimate of drug-likeness (QED) is 0.158. The third kappa shape index (κ3) is 8.25. The summed E-state index contributed by atoms with van der Waals surface area (Å²) in [6.07, 6.45) is 3.13. The van der Waals surface area contributed by atoms with Crippen molar-refractivity contribution < 1.29 is 35.8 Å². The molecule has 0 saturated heterocycles. The van der Waals surface area contributed by atoms with Gasteiger partial charge >= 0.3 is 16.8 Å². The molecule has 0 bridgehead atoms. The van der Waals surface area contributed by atoms with Crippen molar-refractivity contribution in [3.8, 4) is 34.0 Å². The summed E-state index contributed by atoms with van der Waals surface area (Å²) in [5.41, 5.74) is 4.23. The van der Waals surface area contributed by atoms with Crippen LogP contribution in [0.5, 0.6) is 11.5 Å². The van der Waals surface area contributed by atoms with Crippen molar-refractivity contribution in [3.63, 3.8) is 0 Å². The van der Waals surface area contributed by atoms with Gasteiger partial charge in [0.05, 0.1) is 11.4 Å². The Morgan fingerprint density at radius 2 is 0.902 bits per heavy atom. The Morgan fingerprint density at radius 3 is 1.31 bits per heavy atom. The van der Waals surface area contributed by atoms with Gasteiger partial charge in [-0.25, -0.2) is 28.7 Å². The molecular formula is C40H24CoF2N4O2S2.